The molecule has 1 fully saturated rings. The molecule has 0 radical (unpaired) electrons. The second-order valence-corrected chi connectivity index (χ2v) is 5.27. The highest BCUT2D eigenvalue weighted by molar-refractivity contribution is 5.92. The Morgan fingerprint density at radius 3 is 2.79 bits per heavy atom. The third-order valence-electron chi connectivity index (χ3n) is 3.92. The summed E-state index contributed by atoms with van der Waals surface area (Å²) in [5, 5.41) is 4.09. The largest absolute Gasteiger partial charge is 0.334 e. The van der Waals surface area contributed by atoms with Gasteiger partial charge in [-0.15, -0.1) is 0 Å². The molecule has 5 nitrogen and oxygen atoms in total. The molecule has 0 spiro atoms. The summed E-state index contributed by atoms with van der Waals surface area (Å²) in [5.41, 5.74) is 6.27. The Morgan fingerprint density at radius 1 is 1.47 bits per heavy atom. The van der Waals surface area contributed by atoms with Crippen LogP contribution in [0.15, 0.2) is 12.3 Å². The molecule has 0 bridgehead atoms. The Kier molecular flexibility index (Phi) is 4.96. The average molecular weight is 264 g/mol. The molecule has 1 aliphatic rings. The lowest BCUT2D eigenvalue weighted by Crippen LogP contribution is -2.43. The molecule has 0 unspecified atom stereocenters. The first-order chi connectivity index (χ1) is 9.24. The minimum atomic E-state index is 0.0975. The fraction of sp³-hybridized carbons (Fsp3) is 0.714. The van der Waals surface area contributed by atoms with Crippen LogP contribution in [0.1, 0.15) is 49.0 Å². The van der Waals surface area contributed by atoms with Crippen molar-refractivity contribution in [3.8, 4) is 0 Å². The van der Waals surface area contributed by atoms with Gasteiger partial charge in [0.2, 0.25) is 0 Å². The van der Waals surface area contributed by atoms with Crippen LogP contribution in [0.25, 0.3) is 0 Å². The summed E-state index contributed by atoms with van der Waals surface area (Å²) in [6, 6.07) is 2.17. The van der Waals surface area contributed by atoms with Crippen LogP contribution < -0.4 is 5.73 Å². The zero-order chi connectivity index (χ0) is 13.7. The number of carbonyl (C=O) groups excluding carboxylic acids is 1. The predicted molar refractivity (Wildman–Crippen MR) is 74.8 cm³/mol. The molecule has 19 heavy (non-hydrogen) atoms. The molecule has 2 rings (SSSR count). The van der Waals surface area contributed by atoms with Gasteiger partial charge in [-0.1, -0.05) is 19.3 Å². The highest BCUT2D eigenvalue weighted by Gasteiger charge is 2.27. The van der Waals surface area contributed by atoms with Crippen molar-refractivity contribution in [2.24, 2.45) is 12.8 Å². The van der Waals surface area contributed by atoms with E-state index in [1.165, 1.54) is 19.3 Å². The third-order valence-corrected chi connectivity index (χ3v) is 3.92. The summed E-state index contributed by atoms with van der Waals surface area (Å²) in [6.07, 6.45) is 8.52. The highest BCUT2D eigenvalue weighted by Crippen LogP contribution is 2.24. The van der Waals surface area contributed by atoms with Gasteiger partial charge in [0.1, 0.15) is 5.69 Å². The van der Waals surface area contributed by atoms with Gasteiger partial charge >= 0.3 is 0 Å². The summed E-state index contributed by atoms with van der Waals surface area (Å²) in [7, 11) is 1.81. The number of hydrogen-bond acceptors (Lipinski definition) is 3. The molecule has 5 heteroatoms. The van der Waals surface area contributed by atoms with Crippen molar-refractivity contribution >= 4 is 5.91 Å². The van der Waals surface area contributed by atoms with Crippen LogP contribution >= 0.6 is 0 Å². The number of aromatic nitrogens is 2. The second kappa shape index (κ2) is 6.70. The molecule has 1 saturated carbocycles. The minimum Gasteiger partial charge on any atom is -0.334 e. The van der Waals surface area contributed by atoms with Crippen LogP contribution in [-0.2, 0) is 7.05 Å². The van der Waals surface area contributed by atoms with Crippen LogP contribution in [0, 0.1) is 0 Å². The zero-order valence-corrected chi connectivity index (χ0v) is 11.7. The molecule has 0 aromatic carbocycles. The Bertz CT molecular complexity index is 409. The van der Waals surface area contributed by atoms with Gasteiger partial charge in [0.05, 0.1) is 0 Å². The first-order valence-electron chi connectivity index (χ1n) is 7.23. The van der Waals surface area contributed by atoms with Gasteiger partial charge in [-0.2, -0.15) is 5.10 Å². The SMILES string of the molecule is Cn1nccc1C(=O)N(CCCN)C1CCCCC1. The van der Waals surface area contributed by atoms with E-state index in [1.807, 2.05) is 11.9 Å². The van der Waals surface area contributed by atoms with Crippen LogP contribution in [0.2, 0.25) is 0 Å². The molecule has 1 aromatic heterocycles. The topological polar surface area (TPSA) is 64.2 Å². The first-order valence-corrected chi connectivity index (χ1v) is 7.23. The summed E-state index contributed by atoms with van der Waals surface area (Å²) in [5.74, 6) is 0.0975. The van der Waals surface area contributed by atoms with Crippen molar-refractivity contribution in [2.45, 2.75) is 44.6 Å². The van der Waals surface area contributed by atoms with Crippen LogP contribution in [-0.4, -0.2) is 39.7 Å². The number of carbonyl (C=O) groups is 1. The molecule has 0 saturated heterocycles. The van der Waals surface area contributed by atoms with E-state index in [1.54, 1.807) is 16.9 Å². The molecular weight excluding hydrogens is 240 g/mol. The number of rotatable bonds is 5. The standard InChI is InChI=1S/C14H24N4O/c1-17-13(8-10-16-17)14(19)18(11-5-9-15)12-6-3-2-4-7-12/h8,10,12H,2-7,9,11,15H2,1H3. The molecule has 106 valence electrons. The summed E-state index contributed by atoms with van der Waals surface area (Å²) in [4.78, 5) is 14.7. The van der Waals surface area contributed by atoms with E-state index >= 15 is 0 Å². The lowest BCUT2D eigenvalue weighted by Gasteiger charge is -2.34. The van der Waals surface area contributed by atoms with Gasteiger partial charge < -0.3 is 10.6 Å². The first kappa shape index (κ1) is 14.1. The van der Waals surface area contributed by atoms with Crippen molar-refractivity contribution in [2.75, 3.05) is 13.1 Å². The smallest absolute Gasteiger partial charge is 0.272 e. The Hall–Kier alpha value is -1.36. The normalized spacial score (nSPS) is 16.5. The summed E-state index contributed by atoms with van der Waals surface area (Å²) in [6.45, 7) is 1.38. The van der Waals surface area contributed by atoms with Gasteiger partial charge in [-0.3, -0.25) is 9.48 Å². The Balaban J connectivity index is 2.12. The maximum atomic E-state index is 12.7. The van der Waals surface area contributed by atoms with E-state index in [0.29, 0.717) is 18.3 Å². The fourth-order valence-electron chi connectivity index (χ4n) is 2.84. The van der Waals surface area contributed by atoms with Crippen molar-refractivity contribution in [3.63, 3.8) is 0 Å². The van der Waals surface area contributed by atoms with Crippen molar-refractivity contribution in [1.82, 2.24) is 14.7 Å². The van der Waals surface area contributed by atoms with Gasteiger partial charge in [-0.05, 0) is 31.9 Å². The molecule has 1 aromatic rings. The number of nitrogens with zero attached hydrogens (tertiary/aromatic N) is 3. The number of nitrogens with two attached hydrogens (primary N) is 1. The zero-order valence-electron chi connectivity index (χ0n) is 11.7. The van der Waals surface area contributed by atoms with Crippen LogP contribution in [0.4, 0.5) is 0 Å². The monoisotopic (exact) mass is 264 g/mol. The highest BCUT2D eigenvalue weighted by atomic mass is 16.2. The van der Waals surface area contributed by atoms with E-state index in [9.17, 15) is 4.79 Å². The fourth-order valence-corrected chi connectivity index (χ4v) is 2.84. The van der Waals surface area contributed by atoms with Gasteiger partial charge in [-0.25, -0.2) is 0 Å². The number of amides is 1. The van der Waals surface area contributed by atoms with Crippen molar-refractivity contribution in [1.29, 1.82) is 0 Å². The van der Waals surface area contributed by atoms with E-state index in [2.05, 4.69) is 5.10 Å². The van der Waals surface area contributed by atoms with Crippen LogP contribution in [0.3, 0.4) is 0 Å². The maximum Gasteiger partial charge on any atom is 0.272 e. The van der Waals surface area contributed by atoms with E-state index < -0.39 is 0 Å². The lowest BCUT2D eigenvalue weighted by molar-refractivity contribution is 0.0621. The predicted octanol–water partition coefficient (Wildman–Crippen LogP) is 1.54. The van der Waals surface area contributed by atoms with Crippen molar-refractivity contribution in [3.05, 3.63) is 18.0 Å². The number of aryl methyl sites for hydroxylation is 1. The molecule has 1 amide bonds. The molecular formula is C14H24N4O. The third kappa shape index (κ3) is 3.35. The quantitative estimate of drug-likeness (QED) is 0.877. The Morgan fingerprint density at radius 2 is 2.21 bits per heavy atom. The van der Waals surface area contributed by atoms with E-state index in [-0.39, 0.29) is 5.91 Å². The molecule has 1 heterocycles. The van der Waals surface area contributed by atoms with Crippen LogP contribution in [0.5, 0.6) is 0 Å². The Labute approximate surface area is 114 Å². The van der Waals surface area contributed by atoms with Crippen molar-refractivity contribution < 1.29 is 4.79 Å². The number of hydrogen-bond donors (Lipinski definition) is 1. The van der Waals surface area contributed by atoms with E-state index in [0.717, 1.165) is 25.8 Å². The maximum absolute atomic E-state index is 12.7. The second-order valence-electron chi connectivity index (χ2n) is 5.27. The van der Waals surface area contributed by atoms with Gasteiger partial charge in [0.15, 0.2) is 0 Å². The van der Waals surface area contributed by atoms with Gasteiger partial charge in [0.25, 0.3) is 5.91 Å². The summed E-state index contributed by atoms with van der Waals surface area (Å²) >= 11 is 0. The molecule has 1 aliphatic carbocycles. The van der Waals surface area contributed by atoms with E-state index in [4.69, 9.17) is 5.73 Å². The molecule has 0 atom stereocenters. The molecule has 2 N–H and O–H groups in total. The average Bonchev–Trinajstić information content (AvgIpc) is 2.86. The minimum absolute atomic E-state index is 0.0975. The lowest BCUT2D eigenvalue weighted by atomic mass is 9.94. The summed E-state index contributed by atoms with van der Waals surface area (Å²) < 4.78 is 1.65. The molecule has 0 aliphatic heterocycles. The van der Waals surface area contributed by atoms with Gasteiger partial charge in [0, 0.05) is 25.8 Å².